The molecular weight excluding hydrogens is 200 g/mol. The summed E-state index contributed by atoms with van der Waals surface area (Å²) in [5.41, 5.74) is 5.27. The van der Waals surface area contributed by atoms with E-state index in [1.54, 1.807) is 6.11 Å². The quantitative estimate of drug-likeness (QED) is 0.423. The van der Waals surface area contributed by atoms with Crippen molar-refractivity contribution < 1.29 is 19.4 Å². The van der Waals surface area contributed by atoms with Crippen LogP contribution in [-0.2, 0) is 9.53 Å². The summed E-state index contributed by atoms with van der Waals surface area (Å²) in [4.78, 5) is 21.0. The number of rotatable bonds is 6. The minimum Gasteiger partial charge on any atom is -0.480 e. The van der Waals surface area contributed by atoms with Crippen molar-refractivity contribution in [2.24, 2.45) is 5.73 Å². The molecule has 0 saturated carbocycles. The van der Waals surface area contributed by atoms with Crippen LogP contribution in [0.1, 0.15) is 19.3 Å². The number of carbonyl (C=O) groups excluding carboxylic acids is 1. The molecule has 0 spiro atoms. The molecule has 0 unspecified atom stereocenters. The Bertz CT molecular complexity index is 259. The van der Waals surface area contributed by atoms with E-state index >= 15 is 0 Å². The Kier molecular flexibility index (Phi) is 6.76. The summed E-state index contributed by atoms with van der Waals surface area (Å²) in [5.74, 6) is -1.02. The van der Waals surface area contributed by atoms with Crippen molar-refractivity contribution in [3.63, 3.8) is 0 Å². The zero-order valence-corrected chi connectivity index (χ0v) is 8.23. The smallest absolute Gasteiger partial charge is 0.421 e. The average Bonchev–Trinajstić information content (AvgIpc) is 2.17. The average molecular weight is 214 g/mol. The zero-order valence-electron chi connectivity index (χ0n) is 8.23. The number of aliphatic carboxylic acids is 1. The van der Waals surface area contributed by atoms with Gasteiger partial charge < -0.3 is 20.9 Å². The number of ether oxygens (including phenoxy) is 1. The zero-order chi connectivity index (χ0) is 11.7. The Morgan fingerprint density at radius 3 is 2.73 bits per heavy atom. The Morgan fingerprint density at radius 1 is 1.53 bits per heavy atom. The van der Waals surface area contributed by atoms with Crippen molar-refractivity contribution >= 4 is 12.1 Å². The predicted octanol–water partition coefficient (Wildman–Crippen LogP) is -0.114. The monoisotopic (exact) mass is 214 g/mol. The largest absolute Gasteiger partial charge is 0.480 e. The number of nitrogens with two attached hydrogens (primary N) is 1. The SMILES string of the molecule is C#COC(=O)NCCCC[C@H](N)C(=O)O. The van der Waals surface area contributed by atoms with Crippen LogP contribution in [0.25, 0.3) is 0 Å². The van der Waals surface area contributed by atoms with Crippen LogP contribution in [0.4, 0.5) is 4.79 Å². The van der Waals surface area contributed by atoms with E-state index in [1.165, 1.54) is 0 Å². The fourth-order valence-corrected chi connectivity index (χ4v) is 0.893. The number of carboxylic acids is 1. The van der Waals surface area contributed by atoms with Gasteiger partial charge in [-0.15, -0.1) is 0 Å². The Hall–Kier alpha value is -1.74. The molecule has 0 saturated heterocycles. The van der Waals surface area contributed by atoms with Gasteiger partial charge in [0.05, 0.1) is 0 Å². The minimum atomic E-state index is -1.02. The van der Waals surface area contributed by atoms with Gasteiger partial charge >= 0.3 is 12.1 Å². The van der Waals surface area contributed by atoms with Gasteiger partial charge in [-0.2, -0.15) is 0 Å². The Balaban J connectivity index is 3.37. The number of carboxylic acid groups (broad SMARTS) is 1. The van der Waals surface area contributed by atoms with Crippen molar-refractivity contribution in [1.82, 2.24) is 5.32 Å². The van der Waals surface area contributed by atoms with E-state index in [-0.39, 0.29) is 0 Å². The maximum Gasteiger partial charge on any atom is 0.421 e. The molecule has 0 rings (SSSR count). The van der Waals surface area contributed by atoms with Crippen LogP contribution >= 0.6 is 0 Å². The molecule has 84 valence electrons. The molecular formula is C9H14N2O4. The fraction of sp³-hybridized carbons (Fsp3) is 0.556. The van der Waals surface area contributed by atoms with Crippen molar-refractivity contribution in [3.8, 4) is 12.5 Å². The highest BCUT2D eigenvalue weighted by atomic mass is 16.5. The molecule has 0 fully saturated rings. The second-order valence-electron chi connectivity index (χ2n) is 2.87. The van der Waals surface area contributed by atoms with E-state index in [1.807, 2.05) is 0 Å². The molecule has 0 bridgehead atoms. The van der Waals surface area contributed by atoms with Gasteiger partial charge in [0.15, 0.2) is 0 Å². The number of nitrogens with one attached hydrogen (secondary N) is 1. The predicted molar refractivity (Wildman–Crippen MR) is 52.8 cm³/mol. The molecule has 0 aromatic carbocycles. The third-order valence-corrected chi connectivity index (χ3v) is 1.68. The van der Waals surface area contributed by atoms with Gasteiger partial charge in [0.1, 0.15) is 12.1 Å². The van der Waals surface area contributed by atoms with E-state index in [2.05, 4.69) is 10.1 Å². The second-order valence-corrected chi connectivity index (χ2v) is 2.87. The van der Waals surface area contributed by atoms with Crippen LogP contribution in [0.15, 0.2) is 0 Å². The van der Waals surface area contributed by atoms with Crippen LogP contribution in [-0.4, -0.2) is 29.8 Å². The van der Waals surface area contributed by atoms with Crippen LogP contribution in [0.3, 0.4) is 0 Å². The lowest BCUT2D eigenvalue weighted by Gasteiger charge is -2.05. The lowest BCUT2D eigenvalue weighted by atomic mass is 10.1. The number of amides is 1. The maximum absolute atomic E-state index is 10.7. The van der Waals surface area contributed by atoms with Crippen LogP contribution in [0.2, 0.25) is 0 Å². The number of carbonyl (C=O) groups is 2. The second kappa shape index (κ2) is 7.64. The summed E-state index contributed by atoms with van der Waals surface area (Å²) in [7, 11) is 0. The van der Waals surface area contributed by atoms with Gasteiger partial charge in [-0.05, 0) is 19.3 Å². The summed E-state index contributed by atoms with van der Waals surface area (Å²) in [6.07, 6.45) is 7.39. The van der Waals surface area contributed by atoms with Crippen molar-refractivity contribution in [1.29, 1.82) is 0 Å². The first-order chi connectivity index (χ1) is 7.07. The third kappa shape index (κ3) is 7.34. The molecule has 15 heavy (non-hydrogen) atoms. The molecule has 0 heterocycles. The van der Waals surface area contributed by atoms with E-state index in [0.717, 1.165) is 0 Å². The summed E-state index contributed by atoms with van der Waals surface area (Å²) >= 11 is 0. The van der Waals surface area contributed by atoms with Crippen molar-refractivity contribution in [3.05, 3.63) is 0 Å². The topological polar surface area (TPSA) is 102 Å². The summed E-state index contributed by atoms with van der Waals surface area (Å²) in [6.45, 7) is 0.382. The molecule has 0 radical (unpaired) electrons. The van der Waals surface area contributed by atoms with Crippen LogP contribution in [0.5, 0.6) is 0 Å². The normalized spacial score (nSPS) is 11.2. The number of terminal acetylenes is 1. The molecule has 6 nitrogen and oxygen atoms in total. The third-order valence-electron chi connectivity index (χ3n) is 1.68. The number of hydrogen-bond donors (Lipinski definition) is 3. The van der Waals surface area contributed by atoms with Crippen LogP contribution in [0, 0.1) is 12.5 Å². The lowest BCUT2D eigenvalue weighted by molar-refractivity contribution is -0.138. The van der Waals surface area contributed by atoms with Gasteiger partial charge in [-0.25, -0.2) is 4.79 Å². The molecule has 4 N–H and O–H groups in total. The summed E-state index contributed by atoms with van der Waals surface area (Å²) in [5, 5.41) is 10.9. The van der Waals surface area contributed by atoms with Gasteiger partial charge in [0, 0.05) is 6.54 Å². The fourth-order valence-electron chi connectivity index (χ4n) is 0.893. The summed E-state index contributed by atoms with van der Waals surface area (Å²) < 4.78 is 4.17. The van der Waals surface area contributed by atoms with Gasteiger partial charge in [-0.1, -0.05) is 6.42 Å². The molecule has 1 amide bonds. The number of unbranched alkanes of at least 4 members (excludes halogenated alkanes) is 1. The highest BCUT2D eigenvalue weighted by Crippen LogP contribution is 1.98. The summed E-state index contributed by atoms with van der Waals surface area (Å²) in [6, 6.07) is -0.845. The highest BCUT2D eigenvalue weighted by molar-refractivity contribution is 5.72. The van der Waals surface area contributed by atoms with E-state index in [4.69, 9.17) is 17.3 Å². The maximum atomic E-state index is 10.7. The standard InChI is InChI=1S/C9H14N2O4/c1-2-15-9(14)11-6-4-3-5-7(10)8(12)13/h1,7H,3-6,10H2,(H,11,14)(H,12,13)/t7-/m0/s1. The number of hydrogen-bond acceptors (Lipinski definition) is 4. The van der Waals surface area contributed by atoms with E-state index < -0.39 is 18.1 Å². The Labute approximate surface area is 87.8 Å². The first-order valence-electron chi connectivity index (χ1n) is 4.46. The first-order valence-corrected chi connectivity index (χ1v) is 4.46. The Morgan fingerprint density at radius 2 is 2.20 bits per heavy atom. The molecule has 6 heteroatoms. The molecule has 0 aliphatic rings. The first kappa shape index (κ1) is 13.3. The van der Waals surface area contributed by atoms with Gasteiger partial charge in [-0.3, -0.25) is 4.79 Å². The number of alkyl carbamates (subject to hydrolysis) is 1. The van der Waals surface area contributed by atoms with E-state index in [9.17, 15) is 9.59 Å². The van der Waals surface area contributed by atoms with Gasteiger partial charge in [0.25, 0.3) is 0 Å². The van der Waals surface area contributed by atoms with Crippen LogP contribution < -0.4 is 11.1 Å². The van der Waals surface area contributed by atoms with Gasteiger partial charge in [0.2, 0.25) is 0 Å². The van der Waals surface area contributed by atoms with Crippen molar-refractivity contribution in [2.45, 2.75) is 25.3 Å². The van der Waals surface area contributed by atoms with E-state index in [0.29, 0.717) is 25.8 Å². The minimum absolute atomic E-state index is 0.376. The molecule has 1 atom stereocenters. The lowest BCUT2D eigenvalue weighted by Crippen LogP contribution is -2.30. The highest BCUT2D eigenvalue weighted by Gasteiger charge is 2.10. The molecule has 0 aliphatic heterocycles. The molecule has 0 aromatic rings. The molecule has 0 aromatic heterocycles. The van der Waals surface area contributed by atoms with Crippen molar-refractivity contribution in [2.75, 3.05) is 6.54 Å². The molecule has 0 aliphatic carbocycles.